The van der Waals surface area contributed by atoms with Gasteiger partial charge in [0.25, 0.3) is 10.0 Å². The summed E-state index contributed by atoms with van der Waals surface area (Å²) in [7, 11) is -3.62. The molecule has 1 saturated heterocycles. The molecule has 0 saturated carbocycles. The van der Waals surface area contributed by atoms with Gasteiger partial charge in [0, 0.05) is 17.9 Å². The smallest absolute Gasteiger partial charge is 0.271 e. The maximum Gasteiger partial charge on any atom is 0.271 e. The predicted octanol–water partition coefficient (Wildman–Crippen LogP) is 3.84. The van der Waals surface area contributed by atoms with E-state index in [4.69, 9.17) is 0 Å². The molecule has 1 aromatic carbocycles. The SMILES string of the molecule is Cc1cc(-c2ccc(S(=O)(=O)Nc3cccc(CN4CCCC4)c3)s2)n[nH]1. The molecule has 1 aliphatic rings. The van der Waals surface area contributed by atoms with Crippen molar-refractivity contribution in [1.29, 1.82) is 0 Å². The first kappa shape index (κ1) is 18.2. The monoisotopic (exact) mass is 402 g/mol. The summed E-state index contributed by atoms with van der Waals surface area (Å²) in [5.41, 5.74) is 3.41. The fraction of sp³-hybridized carbons (Fsp3) is 0.316. The topological polar surface area (TPSA) is 78.1 Å². The average Bonchev–Trinajstić information content (AvgIpc) is 3.35. The number of aryl methyl sites for hydroxylation is 1. The summed E-state index contributed by atoms with van der Waals surface area (Å²) in [5.74, 6) is 0. The Hall–Kier alpha value is -2.16. The number of hydrogen-bond acceptors (Lipinski definition) is 5. The van der Waals surface area contributed by atoms with Crippen molar-refractivity contribution in [3.63, 3.8) is 0 Å². The quantitative estimate of drug-likeness (QED) is 0.657. The zero-order valence-electron chi connectivity index (χ0n) is 15.1. The lowest BCUT2D eigenvalue weighted by Crippen LogP contribution is -2.18. The first-order chi connectivity index (χ1) is 13.0. The summed E-state index contributed by atoms with van der Waals surface area (Å²) in [6, 6.07) is 13.0. The second-order valence-electron chi connectivity index (χ2n) is 6.84. The maximum atomic E-state index is 12.8. The third-order valence-corrected chi connectivity index (χ3v) is 7.57. The molecule has 0 radical (unpaired) electrons. The molecule has 0 spiro atoms. The molecule has 0 unspecified atom stereocenters. The third kappa shape index (κ3) is 4.23. The summed E-state index contributed by atoms with van der Waals surface area (Å²) < 4.78 is 28.5. The molecule has 1 fully saturated rings. The number of anilines is 1. The van der Waals surface area contributed by atoms with E-state index in [0.29, 0.717) is 5.69 Å². The molecule has 1 aliphatic heterocycles. The predicted molar refractivity (Wildman–Crippen MR) is 108 cm³/mol. The molecule has 0 amide bonds. The molecule has 0 bridgehead atoms. The average molecular weight is 403 g/mol. The van der Waals surface area contributed by atoms with Crippen LogP contribution in [0.3, 0.4) is 0 Å². The first-order valence-corrected chi connectivity index (χ1v) is 11.3. The first-order valence-electron chi connectivity index (χ1n) is 8.96. The maximum absolute atomic E-state index is 12.8. The molecular weight excluding hydrogens is 380 g/mol. The summed E-state index contributed by atoms with van der Waals surface area (Å²) in [5, 5.41) is 7.07. The van der Waals surface area contributed by atoms with Gasteiger partial charge in [-0.25, -0.2) is 8.42 Å². The molecule has 27 heavy (non-hydrogen) atoms. The minimum atomic E-state index is -3.62. The molecule has 2 aromatic heterocycles. The van der Waals surface area contributed by atoms with E-state index in [9.17, 15) is 8.42 Å². The normalized spacial score (nSPS) is 15.3. The number of sulfonamides is 1. The highest BCUT2D eigenvalue weighted by Gasteiger charge is 2.19. The van der Waals surface area contributed by atoms with Crippen molar-refractivity contribution in [2.75, 3.05) is 17.8 Å². The Bertz CT molecular complexity index is 1030. The number of nitrogens with one attached hydrogen (secondary N) is 2. The fourth-order valence-electron chi connectivity index (χ4n) is 3.28. The Balaban J connectivity index is 1.50. The lowest BCUT2D eigenvalue weighted by atomic mass is 10.2. The van der Waals surface area contributed by atoms with E-state index in [1.165, 1.54) is 24.2 Å². The van der Waals surface area contributed by atoms with E-state index in [-0.39, 0.29) is 4.21 Å². The van der Waals surface area contributed by atoms with Gasteiger partial charge in [-0.3, -0.25) is 14.7 Å². The van der Waals surface area contributed by atoms with Crippen LogP contribution in [0.5, 0.6) is 0 Å². The Labute approximate surface area is 163 Å². The minimum absolute atomic E-state index is 0.281. The van der Waals surface area contributed by atoms with Crippen LogP contribution in [0.4, 0.5) is 5.69 Å². The van der Waals surface area contributed by atoms with Gasteiger partial charge in [-0.15, -0.1) is 11.3 Å². The molecule has 6 nitrogen and oxygen atoms in total. The lowest BCUT2D eigenvalue weighted by Gasteiger charge is -2.15. The number of benzene rings is 1. The zero-order chi connectivity index (χ0) is 18.9. The highest BCUT2D eigenvalue weighted by molar-refractivity contribution is 7.94. The highest BCUT2D eigenvalue weighted by atomic mass is 32.2. The van der Waals surface area contributed by atoms with Gasteiger partial charge in [0.05, 0.1) is 4.88 Å². The Morgan fingerprint density at radius 1 is 1.19 bits per heavy atom. The van der Waals surface area contributed by atoms with Crippen LogP contribution in [0.15, 0.2) is 46.7 Å². The van der Waals surface area contributed by atoms with Gasteiger partial charge in [-0.2, -0.15) is 5.10 Å². The fourth-order valence-corrected chi connectivity index (χ4v) is 5.60. The van der Waals surface area contributed by atoms with Gasteiger partial charge in [0.15, 0.2) is 0 Å². The highest BCUT2D eigenvalue weighted by Crippen LogP contribution is 2.31. The van der Waals surface area contributed by atoms with Crippen LogP contribution in [-0.4, -0.2) is 36.6 Å². The molecule has 2 N–H and O–H groups in total. The Kier molecular flexibility index (Phi) is 5.03. The molecule has 4 rings (SSSR count). The number of rotatable bonds is 6. The summed E-state index contributed by atoms with van der Waals surface area (Å²) in [6.07, 6.45) is 2.48. The Morgan fingerprint density at radius 2 is 2.00 bits per heavy atom. The van der Waals surface area contributed by atoms with Crippen LogP contribution in [-0.2, 0) is 16.6 Å². The van der Waals surface area contributed by atoms with E-state index in [2.05, 4.69) is 19.8 Å². The Morgan fingerprint density at radius 3 is 2.74 bits per heavy atom. The van der Waals surface area contributed by atoms with Crippen LogP contribution in [0.1, 0.15) is 24.1 Å². The summed E-state index contributed by atoms with van der Waals surface area (Å²) in [6.45, 7) is 5.00. The number of nitrogens with zero attached hydrogens (tertiary/aromatic N) is 2. The molecule has 3 heterocycles. The number of thiophene rings is 1. The van der Waals surface area contributed by atoms with Gasteiger partial charge in [-0.1, -0.05) is 12.1 Å². The summed E-state index contributed by atoms with van der Waals surface area (Å²) in [4.78, 5) is 3.22. The molecule has 0 aliphatic carbocycles. The van der Waals surface area contributed by atoms with Crippen LogP contribution in [0.2, 0.25) is 0 Å². The van der Waals surface area contributed by atoms with Crippen molar-refractivity contribution in [3.05, 3.63) is 53.7 Å². The van der Waals surface area contributed by atoms with Crippen LogP contribution in [0, 0.1) is 6.92 Å². The van der Waals surface area contributed by atoms with E-state index in [1.54, 1.807) is 18.2 Å². The van der Waals surface area contributed by atoms with E-state index in [1.807, 2.05) is 31.2 Å². The van der Waals surface area contributed by atoms with Crippen LogP contribution >= 0.6 is 11.3 Å². The number of hydrogen-bond donors (Lipinski definition) is 2. The number of aromatic nitrogens is 2. The van der Waals surface area contributed by atoms with Crippen molar-refractivity contribution in [3.8, 4) is 10.6 Å². The van der Waals surface area contributed by atoms with Gasteiger partial charge >= 0.3 is 0 Å². The number of likely N-dealkylation sites (tertiary alicyclic amines) is 1. The van der Waals surface area contributed by atoms with E-state index >= 15 is 0 Å². The van der Waals surface area contributed by atoms with Gasteiger partial charge < -0.3 is 0 Å². The van der Waals surface area contributed by atoms with E-state index < -0.39 is 10.0 Å². The van der Waals surface area contributed by atoms with Gasteiger partial charge in [-0.05, 0) is 68.8 Å². The summed E-state index contributed by atoms with van der Waals surface area (Å²) >= 11 is 1.21. The van der Waals surface area contributed by atoms with Crippen LogP contribution in [0.25, 0.3) is 10.6 Å². The van der Waals surface area contributed by atoms with E-state index in [0.717, 1.165) is 41.5 Å². The zero-order valence-corrected chi connectivity index (χ0v) is 16.7. The second kappa shape index (κ2) is 7.46. The second-order valence-corrected chi connectivity index (χ2v) is 9.84. The standard InChI is InChI=1S/C19H22N4O2S2/c1-14-11-17(21-20-14)18-7-8-19(26-18)27(24,25)22-16-6-4-5-15(12-16)13-23-9-2-3-10-23/h4-8,11-12,22H,2-3,9-10,13H2,1H3,(H,20,21). The minimum Gasteiger partial charge on any atom is -0.299 e. The van der Waals surface area contributed by atoms with Gasteiger partial charge in [0.1, 0.15) is 9.90 Å². The molecule has 8 heteroatoms. The van der Waals surface area contributed by atoms with Crippen molar-refractivity contribution in [2.45, 2.75) is 30.5 Å². The molecule has 0 atom stereocenters. The van der Waals surface area contributed by atoms with Gasteiger partial charge in [0.2, 0.25) is 0 Å². The van der Waals surface area contributed by atoms with Crippen molar-refractivity contribution in [2.24, 2.45) is 0 Å². The number of H-pyrrole nitrogens is 1. The lowest BCUT2D eigenvalue weighted by molar-refractivity contribution is 0.331. The molecular formula is C19H22N4O2S2. The molecule has 3 aromatic rings. The third-order valence-electron chi connectivity index (χ3n) is 4.59. The van der Waals surface area contributed by atoms with Crippen LogP contribution < -0.4 is 4.72 Å². The van der Waals surface area contributed by atoms with Crippen molar-refractivity contribution >= 4 is 27.0 Å². The number of aromatic amines is 1. The largest absolute Gasteiger partial charge is 0.299 e. The van der Waals surface area contributed by atoms with Crippen molar-refractivity contribution in [1.82, 2.24) is 15.1 Å². The molecule has 142 valence electrons. The van der Waals surface area contributed by atoms with Crippen molar-refractivity contribution < 1.29 is 8.42 Å².